The van der Waals surface area contributed by atoms with Crippen LogP contribution in [0.5, 0.6) is 0 Å². The Labute approximate surface area is 152 Å². The van der Waals surface area contributed by atoms with Crippen LogP contribution in [0.15, 0.2) is 41.8 Å². The Bertz CT molecular complexity index is 709. The predicted octanol–water partition coefficient (Wildman–Crippen LogP) is 3.00. The minimum atomic E-state index is 0.0151. The third kappa shape index (κ3) is 3.78. The minimum Gasteiger partial charge on any atom is -0.381 e. The van der Waals surface area contributed by atoms with Crippen LogP contribution in [-0.4, -0.2) is 37.1 Å². The van der Waals surface area contributed by atoms with Crippen LogP contribution in [0.2, 0.25) is 0 Å². The number of thiophene rings is 1. The van der Waals surface area contributed by atoms with Crippen molar-refractivity contribution in [3.8, 4) is 0 Å². The number of carbonyl (C=O) groups is 1. The highest BCUT2D eigenvalue weighted by Gasteiger charge is 2.28. The van der Waals surface area contributed by atoms with Crippen molar-refractivity contribution in [2.45, 2.75) is 25.4 Å². The molecular formula is C20H24N2O2S. The number of nitrogens with one attached hydrogen (secondary N) is 1. The molecule has 1 aromatic heterocycles. The molecule has 0 unspecified atom stereocenters. The van der Waals surface area contributed by atoms with Crippen LogP contribution >= 0.6 is 11.3 Å². The van der Waals surface area contributed by atoms with E-state index in [9.17, 15) is 4.79 Å². The zero-order valence-electron chi connectivity index (χ0n) is 14.3. The third-order valence-electron chi connectivity index (χ3n) is 5.23. The molecule has 25 heavy (non-hydrogen) atoms. The zero-order chi connectivity index (χ0) is 17.1. The lowest BCUT2D eigenvalue weighted by molar-refractivity contribution is -0.125. The van der Waals surface area contributed by atoms with Crippen molar-refractivity contribution in [2.24, 2.45) is 5.92 Å². The van der Waals surface area contributed by atoms with Crippen molar-refractivity contribution in [2.75, 3.05) is 26.3 Å². The Balaban J connectivity index is 1.48. The lowest BCUT2D eigenvalue weighted by atomic mass is 10.0. The van der Waals surface area contributed by atoms with Crippen LogP contribution in [0.3, 0.4) is 0 Å². The Kier molecular flexibility index (Phi) is 5.15. The maximum atomic E-state index is 12.4. The molecular weight excluding hydrogens is 332 g/mol. The molecule has 1 aromatic carbocycles. The Morgan fingerprint density at radius 2 is 2.20 bits per heavy atom. The second-order valence-corrected chi connectivity index (χ2v) is 7.82. The number of hydrogen-bond donors (Lipinski definition) is 1. The van der Waals surface area contributed by atoms with Crippen LogP contribution in [-0.2, 0) is 22.5 Å². The fourth-order valence-corrected chi connectivity index (χ4v) is 4.64. The van der Waals surface area contributed by atoms with E-state index in [1.165, 1.54) is 16.0 Å². The first-order chi connectivity index (χ1) is 12.3. The molecule has 3 heterocycles. The van der Waals surface area contributed by atoms with Gasteiger partial charge in [-0.2, -0.15) is 0 Å². The fourth-order valence-electron chi connectivity index (χ4n) is 3.75. The number of nitrogens with zero attached hydrogens (tertiary/aromatic N) is 1. The van der Waals surface area contributed by atoms with E-state index in [2.05, 4.69) is 45.9 Å². The van der Waals surface area contributed by atoms with Crippen LogP contribution in [0.25, 0.3) is 0 Å². The smallest absolute Gasteiger partial charge is 0.225 e. The first-order valence-corrected chi connectivity index (χ1v) is 9.89. The number of benzene rings is 1. The zero-order valence-corrected chi connectivity index (χ0v) is 15.1. The van der Waals surface area contributed by atoms with Gasteiger partial charge in [-0.15, -0.1) is 11.3 Å². The quantitative estimate of drug-likeness (QED) is 0.895. The van der Waals surface area contributed by atoms with Gasteiger partial charge < -0.3 is 10.1 Å². The molecule has 1 N–H and O–H groups in total. The van der Waals surface area contributed by atoms with Crippen molar-refractivity contribution in [3.63, 3.8) is 0 Å². The van der Waals surface area contributed by atoms with E-state index >= 15 is 0 Å². The maximum absolute atomic E-state index is 12.4. The van der Waals surface area contributed by atoms with Crippen molar-refractivity contribution in [1.29, 1.82) is 0 Å². The van der Waals surface area contributed by atoms with E-state index in [0.717, 1.165) is 25.9 Å². The highest BCUT2D eigenvalue weighted by atomic mass is 32.1. The number of fused-ring (bicyclic) bond motifs is 1. The van der Waals surface area contributed by atoms with Gasteiger partial charge in [-0.25, -0.2) is 0 Å². The summed E-state index contributed by atoms with van der Waals surface area (Å²) in [6, 6.07) is 13.0. The molecule has 1 saturated heterocycles. The molecule has 1 fully saturated rings. The van der Waals surface area contributed by atoms with Crippen molar-refractivity contribution >= 4 is 17.2 Å². The van der Waals surface area contributed by atoms with E-state index in [4.69, 9.17) is 4.74 Å². The number of amides is 1. The van der Waals surface area contributed by atoms with E-state index in [1.807, 2.05) is 17.4 Å². The van der Waals surface area contributed by atoms with Gasteiger partial charge in [0.15, 0.2) is 0 Å². The first kappa shape index (κ1) is 16.8. The van der Waals surface area contributed by atoms with E-state index < -0.39 is 0 Å². The summed E-state index contributed by atoms with van der Waals surface area (Å²) in [5, 5.41) is 5.37. The van der Waals surface area contributed by atoms with Crippen LogP contribution < -0.4 is 5.32 Å². The van der Waals surface area contributed by atoms with Crippen molar-refractivity contribution in [1.82, 2.24) is 10.2 Å². The largest absolute Gasteiger partial charge is 0.381 e. The number of rotatable bonds is 5. The Morgan fingerprint density at radius 1 is 1.32 bits per heavy atom. The molecule has 132 valence electrons. The van der Waals surface area contributed by atoms with Gasteiger partial charge >= 0.3 is 0 Å². The molecule has 4 nitrogen and oxygen atoms in total. The van der Waals surface area contributed by atoms with Crippen LogP contribution in [0, 0.1) is 5.92 Å². The predicted molar refractivity (Wildman–Crippen MR) is 99.6 cm³/mol. The van der Waals surface area contributed by atoms with E-state index in [-0.39, 0.29) is 17.9 Å². The summed E-state index contributed by atoms with van der Waals surface area (Å²) in [6.45, 7) is 3.91. The minimum absolute atomic E-state index is 0.0151. The molecule has 5 heteroatoms. The van der Waals surface area contributed by atoms with Crippen molar-refractivity contribution < 1.29 is 9.53 Å². The van der Waals surface area contributed by atoms with Gasteiger partial charge in [-0.3, -0.25) is 9.69 Å². The first-order valence-electron chi connectivity index (χ1n) is 9.01. The lowest BCUT2D eigenvalue weighted by Crippen LogP contribution is -2.42. The number of carbonyl (C=O) groups excluding carboxylic acids is 1. The van der Waals surface area contributed by atoms with E-state index in [1.54, 1.807) is 0 Å². The summed E-state index contributed by atoms with van der Waals surface area (Å²) in [5.74, 6) is 0.146. The molecule has 2 atom stereocenters. The average molecular weight is 356 g/mol. The van der Waals surface area contributed by atoms with E-state index in [0.29, 0.717) is 19.8 Å². The molecule has 4 rings (SSSR count). The van der Waals surface area contributed by atoms with Gasteiger partial charge in [0.25, 0.3) is 0 Å². The third-order valence-corrected chi connectivity index (χ3v) is 6.26. The standard InChI is InChI=1S/C20H24N2O2S/c23-20(17-7-10-24-14-17)21-12-18(15-4-2-1-3-5-15)22-9-6-19-16(13-22)8-11-25-19/h1-5,8,11,17-18H,6-7,9-10,12-14H2,(H,21,23)/t17-,18+/m1/s1. The normalized spacial score (nSPS) is 21.7. The SMILES string of the molecule is O=C(NC[C@@H](c1ccccc1)N1CCc2sccc2C1)[C@@H]1CCOC1. The Morgan fingerprint density at radius 3 is 3.00 bits per heavy atom. The Hall–Kier alpha value is -1.69. The summed E-state index contributed by atoms with van der Waals surface area (Å²) in [4.78, 5) is 16.4. The topological polar surface area (TPSA) is 41.6 Å². The molecule has 1 amide bonds. The van der Waals surface area contributed by atoms with Gasteiger partial charge in [0.05, 0.1) is 18.6 Å². The molecule has 0 saturated carbocycles. The summed E-state index contributed by atoms with van der Waals surface area (Å²) >= 11 is 1.86. The monoisotopic (exact) mass is 356 g/mol. The summed E-state index contributed by atoms with van der Waals surface area (Å²) in [5.41, 5.74) is 2.71. The molecule has 0 spiro atoms. The van der Waals surface area contributed by atoms with Gasteiger partial charge in [0.2, 0.25) is 5.91 Å². The average Bonchev–Trinajstić information content (AvgIpc) is 3.34. The summed E-state index contributed by atoms with van der Waals surface area (Å²) in [6.07, 6.45) is 1.94. The second-order valence-electron chi connectivity index (χ2n) is 6.82. The molecule has 0 aliphatic carbocycles. The fraction of sp³-hybridized carbons (Fsp3) is 0.450. The van der Waals surface area contributed by atoms with Crippen molar-refractivity contribution in [3.05, 3.63) is 57.8 Å². The maximum Gasteiger partial charge on any atom is 0.225 e. The summed E-state index contributed by atoms with van der Waals surface area (Å²) < 4.78 is 5.35. The van der Waals surface area contributed by atoms with Gasteiger partial charge in [0, 0.05) is 31.1 Å². The summed E-state index contributed by atoms with van der Waals surface area (Å²) in [7, 11) is 0. The molecule has 2 aliphatic heterocycles. The molecule has 2 aromatic rings. The van der Waals surface area contributed by atoms with Crippen LogP contribution in [0.4, 0.5) is 0 Å². The molecule has 0 radical (unpaired) electrons. The number of ether oxygens (including phenoxy) is 1. The number of hydrogen-bond acceptors (Lipinski definition) is 4. The van der Waals surface area contributed by atoms with Crippen LogP contribution in [0.1, 0.15) is 28.5 Å². The van der Waals surface area contributed by atoms with Gasteiger partial charge in [-0.05, 0) is 35.4 Å². The molecule has 2 aliphatic rings. The molecule has 0 bridgehead atoms. The lowest BCUT2D eigenvalue weighted by Gasteiger charge is -2.35. The highest BCUT2D eigenvalue weighted by molar-refractivity contribution is 7.10. The van der Waals surface area contributed by atoms with Gasteiger partial charge in [0.1, 0.15) is 0 Å². The highest BCUT2D eigenvalue weighted by Crippen LogP contribution is 2.30. The van der Waals surface area contributed by atoms with Gasteiger partial charge in [-0.1, -0.05) is 30.3 Å². The second kappa shape index (κ2) is 7.68.